The van der Waals surface area contributed by atoms with E-state index >= 15 is 0 Å². The molecule has 3 heterocycles. The molecule has 6 nitrogen and oxygen atoms in total. The Morgan fingerprint density at radius 3 is 2.20 bits per heavy atom. The Bertz CT molecular complexity index is 1050. The largest absolute Gasteiger partial charge is 0.496 e. The van der Waals surface area contributed by atoms with E-state index < -0.39 is 47.3 Å². The van der Waals surface area contributed by atoms with Crippen molar-refractivity contribution >= 4 is 23.6 Å². The van der Waals surface area contributed by atoms with Crippen molar-refractivity contribution in [1.29, 1.82) is 0 Å². The van der Waals surface area contributed by atoms with E-state index in [0.717, 1.165) is 0 Å². The van der Waals surface area contributed by atoms with Crippen LogP contribution in [-0.4, -0.2) is 38.6 Å². The zero-order valence-corrected chi connectivity index (χ0v) is 17.5. The first-order valence-electron chi connectivity index (χ1n) is 9.82. The first kappa shape index (κ1) is 21.3. The lowest BCUT2D eigenvalue weighted by Crippen LogP contribution is -2.45. The van der Waals surface area contributed by atoms with E-state index in [1.165, 1.54) is 16.8 Å². The van der Waals surface area contributed by atoms with Crippen LogP contribution < -0.4 is 11.0 Å². The number of rotatable bonds is 2. The highest BCUT2D eigenvalue weighted by molar-refractivity contribution is 6.62. The summed E-state index contributed by atoms with van der Waals surface area (Å²) in [5.74, 6) is 0. The molecule has 0 radical (unpaired) electrons. The maximum atomic E-state index is 13.7. The average Bonchev–Trinajstić information content (AvgIpc) is 2.78. The summed E-state index contributed by atoms with van der Waals surface area (Å²) in [5, 5.41) is 9.84. The van der Waals surface area contributed by atoms with Crippen LogP contribution in [0.25, 0.3) is 11.0 Å². The van der Waals surface area contributed by atoms with Gasteiger partial charge in [0.1, 0.15) is 5.65 Å². The van der Waals surface area contributed by atoms with Crippen LogP contribution in [0.3, 0.4) is 0 Å². The van der Waals surface area contributed by atoms with E-state index in [2.05, 4.69) is 4.98 Å². The van der Waals surface area contributed by atoms with E-state index in [4.69, 9.17) is 9.31 Å². The highest BCUT2D eigenvalue weighted by atomic mass is 19.4. The van der Waals surface area contributed by atoms with Crippen LogP contribution >= 0.6 is 0 Å². The summed E-state index contributed by atoms with van der Waals surface area (Å²) in [7, 11) is -0.877. The molecular weight excluding hydrogens is 400 g/mol. The topological polar surface area (TPSA) is 73.6 Å². The summed E-state index contributed by atoms with van der Waals surface area (Å²) in [6, 6.07) is 1.53. The normalized spacial score (nSPS) is 28.0. The van der Waals surface area contributed by atoms with Gasteiger partial charge in [-0.25, -0.2) is 4.98 Å². The van der Waals surface area contributed by atoms with Gasteiger partial charge in [-0.05, 0) is 53.5 Å². The Balaban J connectivity index is 1.87. The molecule has 0 atom stereocenters. The van der Waals surface area contributed by atoms with Crippen molar-refractivity contribution in [3.05, 3.63) is 34.2 Å². The van der Waals surface area contributed by atoms with Crippen LogP contribution in [0.5, 0.6) is 0 Å². The number of alkyl halides is 3. The molecule has 10 heteroatoms. The predicted molar refractivity (Wildman–Crippen MR) is 106 cm³/mol. The minimum Gasteiger partial charge on any atom is -0.399 e. The monoisotopic (exact) mass is 424 g/mol. The summed E-state index contributed by atoms with van der Waals surface area (Å²) < 4.78 is 54.3. The fourth-order valence-electron chi connectivity index (χ4n) is 4.07. The maximum Gasteiger partial charge on any atom is 0.496 e. The molecule has 0 spiro atoms. The van der Waals surface area contributed by atoms with Gasteiger partial charge in [0.05, 0.1) is 22.4 Å². The molecule has 30 heavy (non-hydrogen) atoms. The smallest absolute Gasteiger partial charge is 0.399 e. The zero-order chi connectivity index (χ0) is 22.3. The van der Waals surface area contributed by atoms with Gasteiger partial charge in [0.25, 0.3) is 5.56 Å². The fourth-order valence-corrected chi connectivity index (χ4v) is 4.07. The van der Waals surface area contributed by atoms with Crippen molar-refractivity contribution in [3.63, 3.8) is 0 Å². The Labute approximate surface area is 172 Å². The zero-order valence-electron chi connectivity index (χ0n) is 17.5. The second-order valence-electron chi connectivity index (χ2n) is 9.55. The molecular formula is C20H24BF3N2O4. The van der Waals surface area contributed by atoms with Crippen LogP contribution in [0.4, 0.5) is 13.2 Å². The first-order chi connectivity index (χ1) is 13.6. The molecule has 2 aromatic heterocycles. The third-order valence-corrected chi connectivity index (χ3v) is 6.46. The summed E-state index contributed by atoms with van der Waals surface area (Å²) in [4.78, 5) is 16.8. The van der Waals surface area contributed by atoms with Gasteiger partial charge in [0, 0.05) is 29.2 Å². The number of halogens is 3. The summed E-state index contributed by atoms with van der Waals surface area (Å²) in [5.41, 5.74) is -3.80. The molecule has 1 aliphatic heterocycles. The lowest BCUT2D eigenvalue weighted by Gasteiger charge is -2.42. The van der Waals surface area contributed by atoms with Crippen molar-refractivity contribution in [1.82, 2.24) is 9.55 Å². The fraction of sp³-hybridized carbons (Fsp3) is 0.600. The van der Waals surface area contributed by atoms with Gasteiger partial charge >= 0.3 is 13.3 Å². The number of pyridine rings is 2. The van der Waals surface area contributed by atoms with E-state index in [-0.39, 0.29) is 23.9 Å². The number of fused-ring (bicyclic) bond motifs is 1. The van der Waals surface area contributed by atoms with Crippen molar-refractivity contribution in [2.75, 3.05) is 0 Å². The molecule has 0 bridgehead atoms. The van der Waals surface area contributed by atoms with E-state index in [0.29, 0.717) is 11.5 Å². The summed E-state index contributed by atoms with van der Waals surface area (Å²) in [6.07, 6.45) is -2.79. The van der Waals surface area contributed by atoms with Crippen molar-refractivity contribution < 1.29 is 27.6 Å². The van der Waals surface area contributed by atoms with Crippen molar-refractivity contribution in [2.24, 2.45) is 0 Å². The molecule has 1 saturated carbocycles. The third-order valence-electron chi connectivity index (χ3n) is 6.46. The number of hydrogen-bond donors (Lipinski definition) is 1. The lowest BCUT2D eigenvalue weighted by atomic mass is 9.76. The standard InChI is InChI=1S/C20H24BF3N2O4/c1-17(2)18(3,4)30-21(29-17)11-6-13-14(20(22,23)24)7-15(27)26(16(13)25-10-11)12-8-19(5,28)9-12/h6-7,10,12,28H,8-9H2,1-5H3. The van der Waals surface area contributed by atoms with Gasteiger partial charge in [-0.15, -0.1) is 0 Å². The molecule has 2 aliphatic rings. The molecule has 1 saturated heterocycles. The second kappa shape index (κ2) is 6.31. The van der Waals surface area contributed by atoms with Crippen LogP contribution in [0, 0.1) is 0 Å². The maximum absolute atomic E-state index is 13.7. The van der Waals surface area contributed by atoms with Crippen LogP contribution in [0.1, 0.15) is 59.1 Å². The number of nitrogens with zero attached hydrogens (tertiary/aromatic N) is 2. The predicted octanol–water partition coefficient (Wildman–Crippen LogP) is 2.80. The Morgan fingerprint density at radius 2 is 1.70 bits per heavy atom. The highest BCUT2D eigenvalue weighted by Gasteiger charge is 2.52. The molecule has 0 unspecified atom stereocenters. The quantitative estimate of drug-likeness (QED) is 0.751. The van der Waals surface area contributed by atoms with Gasteiger partial charge < -0.3 is 14.4 Å². The van der Waals surface area contributed by atoms with Crippen molar-refractivity contribution in [2.45, 2.75) is 76.5 Å². The van der Waals surface area contributed by atoms with Crippen LogP contribution in [0.15, 0.2) is 23.1 Å². The van der Waals surface area contributed by atoms with E-state index in [1.807, 2.05) is 27.7 Å². The van der Waals surface area contributed by atoms with Crippen molar-refractivity contribution in [3.8, 4) is 0 Å². The molecule has 2 aromatic rings. The molecule has 1 aliphatic carbocycles. The van der Waals surface area contributed by atoms with Gasteiger partial charge in [-0.1, -0.05) is 0 Å². The van der Waals surface area contributed by atoms with Crippen LogP contribution in [-0.2, 0) is 15.5 Å². The molecule has 1 N–H and O–H groups in total. The minimum absolute atomic E-state index is 0.0596. The summed E-state index contributed by atoms with van der Waals surface area (Å²) in [6.45, 7) is 9.03. The van der Waals surface area contributed by atoms with Gasteiger partial charge in [-0.2, -0.15) is 13.2 Å². The lowest BCUT2D eigenvalue weighted by molar-refractivity contribution is -0.136. The second-order valence-corrected chi connectivity index (χ2v) is 9.55. The summed E-state index contributed by atoms with van der Waals surface area (Å²) >= 11 is 0. The molecule has 0 amide bonds. The molecule has 2 fully saturated rings. The molecule has 0 aromatic carbocycles. The average molecular weight is 424 g/mol. The highest BCUT2D eigenvalue weighted by Crippen LogP contribution is 2.42. The minimum atomic E-state index is -4.72. The Hall–Kier alpha value is -1.91. The number of hydrogen-bond acceptors (Lipinski definition) is 5. The van der Waals surface area contributed by atoms with Gasteiger partial charge in [-0.3, -0.25) is 9.36 Å². The van der Waals surface area contributed by atoms with Gasteiger partial charge in [0.2, 0.25) is 0 Å². The first-order valence-corrected chi connectivity index (χ1v) is 9.82. The van der Waals surface area contributed by atoms with E-state index in [9.17, 15) is 23.1 Å². The number of aliphatic hydroxyl groups is 1. The number of aromatic nitrogens is 2. The van der Waals surface area contributed by atoms with Gasteiger partial charge in [0.15, 0.2) is 0 Å². The molecule has 162 valence electrons. The Kier molecular flexibility index (Phi) is 4.48. The third kappa shape index (κ3) is 3.34. The molecule has 4 rings (SSSR count). The van der Waals surface area contributed by atoms with Crippen LogP contribution in [0.2, 0.25) is 0 Å². The Morgan fingerprint density at radius 1 is 1.13 bits per heavy atom. The van der Waals surface area contributed by atoms with E-state index in [1.54, 1.807) is 6.92 Å². The SMILES string of the molecule is CC1(O)CC(n2c(=O)cc(C(F)(F)F)c3cc(B4OC(C)(C)C(C)(C)O4)cnc32)C1.